The van der Waals surface area contributed by atoms with Crippen LogP contribution < -0.4 is 20.7 Å². The predicted molar refractivity (Wildman–Crippen MR) is 188 cm³/mol. The molecule has 1 fully saturated rings. The molecular formula is C37H42N3O10P. The summed E-state index contributed by atoms with van der Waals surface area (Å²) < 4.78 is 56.9. The highest BCUT2D eigenvalue weighted by molar-refractivity contribution is 7.48. The molecule has 1 unspecified atom stereocenters. The molecule has 2 heterocycles. The molecule has 4 atom stereocenters. The number of methoxy groups -OCH3 is 2. The van der Waals surface area contributed by atoms with Gasteiger partial charge in [0.15, 0.2) is 0 Å². The second-order valence-corrected chi connectivity index (χ2v) is 13.4. The average Bonchev–Trinajstić information content (AvgIpc) is 3.55. The number of aromatic nitrogens is 2. The SMILES string of the molecule is CCCOP(=O)(OCCC#N)O[C@H]1C[C@H](n2cc(C)c(=O)[nH]c2=O)O[C@@H]1COC(c1ccccc1)(c1ccc(OC)cc1)c1ccc(OC)cc1. The average molecular weight is 720 g/mol. The Labute approximate surface area is 296 Å². The summed E-state index contributed by atoms with van der Waals surface area (Å²) in [5.41, 5.74) is 0.236. The van der Waals surface area contributed by atoms with Crippen LogP contribution >= 0.6 is 7.82 Å². The van der Waals surface area contributed by atoms with Crippen molar-refractivity contribution in [2.24, 2.45) is 0 Å². The Kier molecular flexibility index (Phi) is 12.7. The van der Waals surface area contributed by atoms with Gasteiger partial charge in [0.05, 0.1) is 46.5 Å². The lowest BCUT2D eigenvalue weighted by Gasteiger charge is -2.37. The van der Waals surface area contributed by atoms with Gasteiger partial charge in [-0.05, 0) is 54.3 Å². The molecule has 1 aliphatic rings. The molecule has 4 aromatic rings. The van der Waals surface area contributed by atoms with E-state index in [9.17, 15) is 14.2 Å². The van der Waals surface area contributed by atoms with E-state index in [1.165, 1.54) is 10.8 Å². The van der Waals surface area contributed by atoms with Crippen LogP contribution in [0.1, 0.15) is 54.7 Å². The normalized spacial score (nSPS) is 18.5. The molecule has 0 spiro atoms. The Morgan fingerprint density at radius 1 is 0.922 bits per heavy atom. The molecule has 5 rings (SSSR count). The number of hydrogen-bond donors (Lipinski definition) is 1. The molecule has 1 saturated heterocycles. The highest BCUT2D eigenvalue weighted by atomic mass is 31.2. The van der Waals surface area contributed by atoms with Crippen LogP contribution in [0.2, 0.25) is 0 Å². The standard InChI is InChI=1S/C37H42N3O10P/c1-5-21-47-51(43,48-22-9-20-38)50-32-23-34(40-24-26(2)35(41)39-36(40)42)49-33(32)25-46-37(27-10-7-6-8-11-27,28-12-16-30(44-3)17-13-28)29-14-18-31(45-4)19-15-29/h6-8,10-19,24,32-34H,5,9,21-23,25H2,1-4H3,(H,39,41,42)/t32-,33+,34+,51?/m0/s1. The highest BCUT2D eigenvalue weighted by Gasteiger charge is 2.46. The molecule has 270 valence electrons. The van der Waals surface area contributed by atoms with E-state index in [1.54, 1.807) is 21.1 Å². The van der Waals surface area contributed by atoms with Crippen LogP contribution in [-0.2, 0) is 33.2 Å². The Morgan fingerprint density at radius 3 is 2.08 bits per heavy atom. The van der Waals surface area contributed by atoms with Crippen molar-refractivity contribution in [3.8, 4) is 17.6 Å². The van der Waals surface area contributed by atoms with E-state index in [0.29, 0.717) is 23.5 Å². The molecule has 1 aliphatic heterocycles. The van der Waals surface area contributed by atoms with Crippen LogP contribution in [0.5, 0.6) is 11.5 Å². The first-order valence-corrected chi connectivity index (χ1v) is 18.0. The summed E-state index contributed by atoms with van der Waals surface area (Å²) in [5, 5.41) is 9.07. The monoisotopic (exact) mass is 719 g/mol. The quantitative estimate of drug-likeness (QED) is 0.0774. The molecular weight excluding hydrogens is 677 g/mol. The van der Waals surface area contributed by atoms with Crippen molar-refractivity contribution in [1.82, 2.24) is 9.55 Å². The summed E-state index contributed by atoms with van der Waals surface area (Å²) in [7, 11) is -1.03. The van der Waals surface area contributed by atoms with E-state index in [0.717, 1.165) is 16.7 Å². The summed E-state index contributed by atoms with van der Waals surface area (Å²) in [5.74, 6) is 1.32. The largest absolute Gasteiger partial charge is 0.497 e. The minimum absolute atomic E-state index is 0.0317. The van der Waals surface area contributed by atoms with Gasteiger partial charge in [-0.2, -0.15) is 5.26 Å². The summed E-state index contributed by atoms with van der Waals surface area (Å²) in [6.07, 6.45) is -0.894. The van der Waals surface area contributed by atoms with Crippen molar-refractivity contribution < 1.29 is 37.1 Å². The van der Waals surface area contributed by atoms with Gasteiger partial charge in [-0.3, -0.25) is 27.9 Å². The third-order valence-electron chi connectivity index (χ3n) is 8.46. The van der Waals surface area contributed by atoms with Gasteiger partial charge >= 0.3 is 13.5 Å². The third-order valence-corrected chi connectivity index (χ3v) is 9.98. The lowest BCUT2D eigenvalue weighted by atomic mass is 9.80. The zero-order chi connectivity index (χ0) is 36.4. The summed E-state index contributed by atoms with van der Waals surface area (Å²) >= 11 is 0. The van der Waals surface area contributed by atoms with Gasteiger partial charge in [0, 0.05) is 18.2 Å². The zero-order valence-corrected chi connectivity index (χ0v) is 29.9. The lowest BCUT2D eigenvalue weighted by molar-refractivity contribution is -0.0946. The number of hydrogen-bond acceptors (Lipinski definition) is 11. The molecule has 0 saturated carbocycles. The summed E-state index contributed by atoms with van der Waals surface area (Å²) in [6, 6.07) is 26.7. The maximum atomic E-state index is 13.9. The van der Waals surface area contributed by atoms with E-state index in [2.05, 4.69) is 4.98 Å². The van der Waals surface area contributed by atoms with Gasteiger partial charge in [0.25, 0.3) is 5.56 Å². The molecule has 0 amide bonds. The first-order valence-electron chi connectivity index (χ1n) is 16.6. The second-order valence-electron chi connectivity index (χ2n) is 11.8. The van der Waals surface area contributed by atoms with Crippen LogP contribution in [0.3, 0.4) is 0 Å². The van der Waals surface area contributed by atoms with Crippen molar-refractivity contribution >= 4 is 7.82 Å². The lowest BCUT2D eigenvalue weighted by Crippen LogP contribution is -2.38. The Balaban J connectivity index is 1.59. The first-order chi connectivity index (χ1) is 24.7. The Morgan fingerprint density at radius 2 is 1.51 bits per heavy atom. The Hall–Kier alpha value is -4.54. The summed E-state index contributed by atoms with van der Waals surface area (Å²) in [6.45, 7) is 3.19. The molecule has 3 aromatic carbocycles. The van der Waals surface area contributed by atoms with Crippen molar-refractivity contribution in [3.63, 3.8) is 0 Å². The maximum absolute atomic E-state index is 13.9. The fourth-order valence-corrected chi connectivity index (χ4v) is 7.35. The Bertz CT molecular complexity index is 1890. The number of nitrogens with zero attached hydrogens (tertiary/aromatic N) is 2. The number of benzene rings is 3. The molecule has 1 N–H and O–H groups in total. The van der Waals surface area contributed by atoms with Crippen LogP contribution in [0.4, 0.5) is 0 Å². The number of nitriles is 1. The van der Waals surface area contributed by atoms with Crippen LogP contribution in [0.15, 0.2) is 94.6 Å². The van der Waals surface area contributed by atoms with Crippen molar-refractivity contribution in [1.29, 1.82) is 5.26 Å². The highest BCUT2D eigenvalue weighted by Crippen LogP contribution is 2.53. The van der Waals surface area contributed by atoms with Gasteiger partial charge < -0.3 is 18.9 Å². The van der Waals surface area contributed by atoms with Crippen molar-refractivity contribution in [3.05, 3.63) is 128 Å². The predicted octanol–water partition coefficient (Wildman–Crippen LogP) is 6.01. The molecule has 13 nitrogen and oxygen atoms in total. The van der Waals surface area contributed by atoms with Gasteiger partial charge in [-0.15, -0.1) is 0 Å². The van der Waals surface area contributed by atoms with Crippen molar-refractivity contribution in [2.75, 3.05) is 34.0 Å². The van der Waals surface area contributed by atoms with E-state index < -0.39 is 43.1 Å². The van der Waals surface area contributed by atoms with Crippen LogP contribution in [0.25, 0.3) is 0 Å². The molecule has 51 heavy (non-hydrogen) atoms. The smallest absolute Gasteiger partial charge is 0.475 e. The number of ether oxygens (including phenoxy) is 4. The van der Waals surface area contributed by atoms with E-state index in [4.69, 9.17) is 37.8 Å². The van der Waals surface area contributed by atoms with Crippen LogP contribution in [0, 0.1) is 18.3 Å². The van der Waals surface area contributed by atoms with Gasteiger partial charge in [0.1, 0.15) is 35.5 Å². The van der Waals surface area contributed by atoms with E-state index >= 15 is 0 Å². The van der Waals surface area contributed by atoms with Gasteiger partial charge in [-0.1, -0.05) is 61.5 Å². The van der Waals surface area contributed by atoms with E-state index in [-0.39, 0.29) is 32.7 Å². The van der Waals surface area contributed by atoms with E-state index in [1.807, 2.05) is 91.9 Å². The number of phosphoric acid groups is 1. The third kappa shape index (κ3) is 8.68. The first kappa shape index (κ1) is 37.7. The molecule has 0 bridgehead atoms. The number of phosphoric ester groups is 1. The minimum Gasteiger partial charge on any atom is -0.497 e. The number of nitrogens with one attached hydrogen (secondary N) is 1. The maximum Gasteiger partial charge on any atom is 0.475 e. The topological polar surface area (TPSA) is 160 Å². The zero-order valence-electron chi connectivity index (χ0n) is 29.0. The fourth-order valence-electron chi connectivity index (χ4n) is 5.88. The second kappa shape index (κ2) is 17.1. The van der Waals surface area contributed by atoms with Gasteiger partial charge in [-0.25, -0.2) is 9.36 Å². The minimum atomic E-state index is -4.22. The number of aromatic amines is 1. The molecule has 0 radical (unpaired) electrons. The van der Waals surface area contributed by atoms with Crippen molar-refractivity contribution in [2.45, 2.75) is 57.1 Å². The number of H-pyrrole nitrogens is 1. The van der Waals surface area contributed by atoms with Gasteiger partial charge in [0.2, 0.25) is 0 Å². The molecule has 0 aliphatic carbocycles. The molecule has 14 heteroatoms. The fraction of sp³-hybridized carbons (Fsp3) is 0.378. The van der Waals surface area contributed by atoms with Crippen LogP contribution in [-0.4, -0.2) is 55.8 Å². The summed E-state index contributed by atoms with van der Waals surface area (Å²) in [4.78, 5) is 27.5. The molecule has 1 aromatic heterocycles. The number of aryl methyl sites for hydroxylation is 1. The number of rotatable bonds is 17.